The first-order chi connectivity index (χ1) is 7.81. The molecule has 1 heterocycles. The van der Waals surface area contributed by atoms with E-state index < -0.39 is 0 Å². The van der Waals surface area contributed by atoms with Crippen molar-refractivity contribution >= 4 is 15.9 Å². The highest BCUT2D eigenvalue weighted by molar-refractivity contribution is 9.10. The van der Waals surface area contributed by atoms with Gasteiger partial charge in [-0.05, 0) is 29.3 Å². The standard InChI is InChI=1S/C12H12BrN3/c13-11-5-1-3-9(7-11)12(16-14)10-4-2-6-15-8-10/h1-8,12,16H,14H2. The highest BCUT2D eigenvalue weighted by atomic mass is 79.9. The predicted octanol–water partition coefficient (Wildman–Crippen LogP) is 2.40. The summed E-state index contributed by atoms with van der Waals surface area (Å²) in [5.41, 5.74) is 4.95. The fourth-order valence-electron chi connectivity index (χ4n) is 1.62. The van der Waals surface area contributed by atoms with Gasteiger partial charge in [0.05, 0.1) is 6.04 Å². The third kappa shape index (κ3) is 2.47. The minimum Gasteiger partial charge on any atom is -0.271 e. The molecule has 2 rings (SSSR count). The average Bonchev–Trinajstić information content (AvgIpc) is 2.31. The number of hydrogen-bond donors (Lipinski definition) is 2. The lowest BCUT2D eigenvalue weighted by Crippen LogP contribution is -2.28. The van der Waals surface area contributed by atoms with Crippen molar-refractivity contribution < 1.29 is 0 Å². The van der Waals surface area contributed by atoms with Crippen molar-refractivity contribution in [1.82, 2.24) is 10.4 Å². The van der Waals surface area contributed by atoms with E-state index in [1.54, 1.807) is 6.20 Å². The van der Waals surface area contributed by atoms with Crippen LogP contribution in [0.4, 0.5) is 0 Å². The first kappa shape index (κ1) is 11.3. The summed E-state index contributed by atoms with van der Waals surface area (Å²) < 4.78 is 1.04. The Morgan fingerprint density at radius 1 is 1.19 bits per heavy atom. The minimum atomic E-state index is -0.0359. The fourth-order valence-corrected chi connectivity index (χ4v) is 2.03. The average molecular weight is 278 g/mol. The topological polar surface area (TPSA) is 50.9 Å². The lowest BCUT2D eigenvalue weighted by atomic mass is 10.0. The lowest BCUT2D eigenvalue weighted by molar-refractivity contribution is 0.634. The third-order valence-electron chi connectivity index (χ3n) is 2.37. The predicted molar refractivity (Wildman–Crippen MR) is 67.5 cm³/mol. The van der Waals surface area contributed by atoms with Crippen LogP contribution in [0.15, 0.2) is 53.3 Å². The van der Waals surface area contributed by atoms with Crippen LogP contribution in [0.1, 0.15) is 17.2 Å². The molecule has 0 fully saturated rings. The Balaban J connectivity index is 2.37. The number of nitrogens with two attached hydrogens (primary N) is 1. The third-order valence-corrected chi connectivity index (χ3v) is 2.86. The molecule has 16 heavy (non-hydrogen) atoms. The molecule has 0 radical (unpaired) electrons. The summed E-state index contributed by atoms with van der Waals surface area (Å²) >= 11 is 3.45. The lowest BCUT2D eigenvalue weighted by Gasteiger charge is -2.16. The van der Waals surface area contributed by atoms with Gasteiger partial charge in [0.25, 0.3) is 0 Å². The van der Waals surface area contributed by atoms with Crippen LogP contribution in [0.5, 0.6) is 0 Å². The van der Waals surface area contributed by atoms with Crippen LogP contribution >= 0.6 is 15.9 Å². The normalized spacial score (nSPS) is 12.4. The van der Waals surface area contributed by atoms with Crippen molar-refractivity contribution in [3.63, 3.8) is 0 Å². The zero-order valence-electron chi connectivity index (χ0n) is 8.60. The van der Waals surface area contributed by atoms with Crippen LogP contribution in [0.3, 0.4) is 0 Å². The number of benzene rings is 1. The molecule has 1 aromatic carbocycles. The van der Waals surface area contributed by atoms with Gasteiger partial charge in [-0.2, -0.15) is 0 Å². The van der Waals surface area contributed by atoms with Gasteiger partial charge < -0.3 is 0 Å². The molecule has 0 aliphatic heterocycles. The summed E-state index contributed by atoms with van der Waals surface area (Å²) in [5, 5.41) is 0. The molecular formula is C12H12BrN3. The Labute approximate surface area is 103 Å². The Morgan fingerprint density at radius 3 is 2.62 bits per heavy atom. The molecule has 1 atom stereocenters. The number of nitrogens with one attached hydrogen (secondary N) is 1. The van der Waals surface area contributed by atoms with Crippen LogP contribution < -0.4 is 11.3 Å². The van der Waals surface area contributed by atoms with Crippen molar-refractivity contribution in [2.75, 3.05) is 0 Å². The van der Waals surface area contributed by atoms with E-state index in [1.165, 1.54) is 0 Å². The summed E-state index contributed by atoms with van der Waals surface area (Å²) in [6.07, 6.45) is 3.56. The van der Waals surface area contributed by atoms with E-state index in [1.807, 2.05) is 42.6 Å². The van der Waals surface area contributed by atoms with E-state index in [9.17, 15) is 0 Å². The number of hydrogen-bond acceptors (Lipinski definition) is 3. The summed E-state index contributed by atoms with van der Waals surface area (Å²) in [6.45, 7) is 0. The quantitative estimate of drug-likeness (QED) is 0.669. The number of halogens is 1. The second-order valence-electron chi connectivity index (χ2n) is 3.44. The SMILES string of the molecule is NNC(c1cccnc1)c1cccc(Br)c1. The second-order valence-corrected chi connectivity index (χ2v) is 4.36. The van der Waals surface area contributed by atoms with Crippen molar-refractivity contribution in [3.8, 4) is 0 Å². The van der Waals surface area contributed by atoms with E-state index in [-0.39, 0.29) is 6.04 Å². The maximum atomic E-state index is 5.59. The molecule has 4 heteroatoms. The van der Waals surface area contributed by atoms with Crippen molar-refractivity contribution in [3.05, 3.63) is 64.4 Å². The smallest absolute Gasteiger partial charge is 0.0725 e. The molecule has 0 spiro atoms. The van der Waals surface area contributed by atoms with Gasteiger partial charge in [0, 0.05) is 16.9 Å². The Bertz CT molecular complexity index is 459. The molecule has 0 saturated heterocycles. The highest BCUT2D eigenvalue weighted by Crippen LogP contribution is 2.23. The first-order valence-corrected chi connectivity index (χ1v) is 5.72. The van der Waals surface area contributed by atoms with Crippen LogP contribution in [-0.2, 0) is 0 Å². The summed E-state index contributed by atoms with van der Waals surface area (Å²) in [5.74, 6) is 5.59. The van der Waals surface area contributed by atoms with Crippen LogP contribution in [0, 0.1) is 0 Å². The van der Waals surface area contributed by atoms with Gasteiger partial charge in [0.2, 0.25) is 0 Å². The van der Waals surface area contributed by atoms with Crippen molar-refractivity contribution in [1.29, 1.82) is 0 Å². The zero-order valence-corrected chi connectivity index (χ0v) is 10.2. The first-order valence-electron chi connectivity index (χ1n) is 4.93. The molecule has 1 aromatic heterocycles. The van der Waals surface area contributed by atoms with Gasteiger partial charge in [-0.15, -0.1) is 0 Å². The van der Waals surface area contributed by atoms with Gasteiger partial charge in [-0.1, -0.05) is 34.1 Å². The molecular weight excluding hydrogens is 266 g/mol. The van der Waals surface area contributed by atoms with Gasteiger partial charge in [-0.3, -0.25) is 10.8 Å². The monoisotopic (exact) mass is 277 g/mol. The number of nitrogens with zero attached hydrogens (tertiary/aromatic N) is 1. The molecule has 0 aliphatic carbocycles. The number of rotatable bonds is 3. The zero-order chi connectivity index (χ0) is 11.4. The van der Waals surface area contributed by atoms with Gasteiger partial charge in [-0.25, -0.2) is 5.43 Å². The molecule has 82 valence electrons. The van der Waals surface area contributed by atoms with Crippen molar-refractivity contribution in [2.45, 2.75) is 6.04 Å². The van der Waals surface area contributed by atoms with E-state index in [0.29, 0.717) is 0 Å². The van der Waals surface area contributed by atoms with Crippen LogP contribution in [-0.4, -0.2) is 4.98 Å². The van der Waals surface area contributed by atoms with Crippen LogP contribution in [0.2, 0.25) is 0 Å². The molecule has 0 bridgehead atoms. The molecule has 0 saturated carbocycles. The summed E-state index contributed by atoms with van der Waals surface area (Å²) in [6, 6.07) is 11.9. The minimum absolute atomic E-state index is 0.0359. The Hall–Kier alpha value is -1.23. The van der Waals surface area contributed by atoms with Gasteiger partial charge in [0.15, 0.2) is 0 Å². The number of pyridine rings is 1. The van der Waals surface area contributed by atoms with E-state index >= 15 is 0 Å². The number of hydrazine groups is 1. The second kappa shape index (κ2) is 5.21. The Morgan fingerprint density at radius 2 is 2.00 bits per heavy atom. The van der Waals surface area contributed by atoms with Gasteiger partial charge >= 0.3 is 0 Å². The molecule has 2 aromatic rings. The van der Waals surface area contributed by atoms with E-state index in [0.717, 1.165) is 15.6 Å². The molecule has 3 nitrogen and oxygen atoms in total. The van der Waals surface area contributed by atoms with Gasteiger partial charge in [0.1, 0.15) is 0 Å². The molecule has 1 unspecified atom stereocenters. The molecule has 0 amide bonds. The summed E-state index contributed by atoms with van der Waals surface area (Å²) in [7, 11) is 0. The van der Waals surface area contributed by atoms with E-state index in [2.05, 4.69) is 26.3 Å². The highest BCUT2D eigenvalue weighted by Gasteiger charge is 2.11. The molecule has 0 aliphatic rings. The maximum absolute atomic E-state index is 5.59. The van der Waals surface area contributed by atoms with Crippen molar-refractivity contribution in [2.24, 2.45) is 5.84 Å². The Kier molecular flexibility index (Phi) is 3.66. The largest absolute Gasteiger partial charge is 0.271 e. The van der Waals surface area contributed by atoms with E-state index in [4.69, 9.17) is 5.84 Å². The number of aromatic nitrogens is 1. The fraction of sp³-hybridized carbons (Fsp3) is 0.0833. The summed E-state index contributed by atoms with van der Waals surface area (Å²) in [4.78, 5) is 4.09. The maximum Gasteiger partial charge on any atom is 0.0725 e. The van der Waals surface area contributed by atoms with Crippen LogP contribution in [0.25, 0.3) is 0 Å². The molecule has 3 N–H and O–H groups in total.